The first-order valence-electron chi connectivity index (χ1n) is 8.97. The minimum absolute atomic E-state index is 0.139. The molecule has 4 rings (SSSR count). The van der Waals surface area contributed by atoms with Crippen LogP contribution in [0.1, 0.15) is 28.8 Å². The average Bonchev–Trinajstić information content (AvgIpc) is 3.32. The van der Waals surface area contributed by atoms with Crippen LogP contribution in [0.25, 0.3) is 5.69 Å². The van der Waals surface area contributed by atoms with E-state index in [4.69, 9.17) is 4.42 Å². The number of nitrogens with zero attached hydrogens (tertiary/aromatic N) is 5. The van der Waals surface area contributed by atoms with Gasteiger partial charge in [0.1, 0.15) is 5.76 Å². The Hall–Kier alpha value is -2.77. The first kappa shape index (κ1) is 18.6. The van der Waals surface area contributed by atoms with Gasteiger partial charge in [0.15, 0.2) is 10.5 Å². The van der Waals surface area contributed by atoms with Crippen molar-refractivity contribution in [2.45, 2.75) is 19.5 Å². The number of tetrazole rings is 1. The molecule has 0 aliphatic carbocycles. The summed E-state index contributed by atoms with van der Waals surface area (Å²) in [5.41, 5.74) is 3.19. The number of aromatic nitrogens is 4. The van der Waals surface area contributed by atoms with E-state index in [0.717, 1.165) is 33.1 Å². The van der Waals surface area contributed by atoms with Gasteiger partial charge in [0.2, 0.25) is 0 Å². The molecule has 142 valence electrons. The summed E-state index contributed by atoms with van der Waals surface area (Å²) in [6.07, 6.45) is 0. The van der Waals surface area contributed by atoms with E-state index in [-0.39, 0.29) is 6.04 Å². The van der Waals surface area contributed by atoms with Crippen LogP contribution in [0.15, 0.2) is 75.8 Å². The molecule has 1 atom stereocenters. The van der Waals surface area contributed by atoms with E-state index in [1.807, 2.05) is 60.3 Å². The van der Waals surface area contributed by atoms with Gasteiger partial charge in [0.25, 0.3) is 0 Å². The van der Waals surface area contributed by atoms with Gasteiger partial charge in [-0.3, -0.25) is 4.90 Å². The van der Waals surface area contributed by atoms with Gasteiger partial charge < -0.3 is 4.42 Å². The fraction of sp³-hybridized carbons (Fsp3) is 0.190. The van der Waals surface area contributed by atoms with E-state index in [2.05, 4.69) is 61.5 Å². The first-order chi connectivity index (χ1) is 13.6. The molecule has 0 fully saturated rings. The van der Waals surface area contributed by atoms with E-state index in [1.165, 1.54) is 0 Å². The van der Waals surface area contributed by atoms with Crippen LogP contribution in [-0.2, 0) is 6.54 Å². The molecular formula is C21H20BrN5O. The number of halogens is 1. The highest BCUT2D eigenvalue weighted by Crippen LogP contribution is 2.29. The number of furan rings is 1. The number of hydrogen-bond donors (Lipinski definition) is 0. The highest BCUT2D eigenvalue weighted by atomic mass is 79.9. The monoisotopic (exact) mass is 437 g/mol. The van der Waals surface area contributed by atoms with Crippen molar-refractivity contribution in [1.29, 1.82) is 0 Å². The van der Waals surface area contributed by atoms with E-state index in [1.54, 1.807) is 0 Å². The van der Waals surface area contributed by atoms with Gasteiger partial charge in [-0.15, -0.1) is 5.10 Å². The molecule has 0 aliphatic rings. The lowest BCUT2D eigenvalue weighted by atomic mass is 10.0. The number of benzene rings is 2. The Morgan fingerprint density at radius 3 is 2.50 bits per heavy atom. The third kappa shape index (κ3) is 3.76. The summed E-state index contributed by atoms with van der Waals surface area (Å²) in [5, 5.41) is 12.7. The lowest BCUT2D eigenvalue weighted by Gasteiger charge is -2.27. The molecule has 0 saturated heterocycles. The Morgan fingerprint density at radius 2 is 1.79 bits per heavy atom. The normalized spacial score (nSPS) is 12.4. The van der Waals surface area contributed by atoms with Gasteiger partial charge in [-0.1, -0.05) is 48.5 Å². The fourth-order valence-electron chi connectivity index (χ4n) is 3.35. The van der Waals surface area contributed by atoms with Crippen molar-refractivity contribution in [1.82, 2.24) is 25.1 Å². The molecule has 0 aliphatic heterocycles. The Balaban J connectivity index is 1.77. The van der Waals surface area contributed by atoms with Crippen molar-refractivity contribution in [2.75, 3.05) is 7.05 Å². The third-order valence-corrected chi connectivity index (χ3v) is 5.10. The predicted octanol–water partition coefficient (Wildman–Crippen LogP) is 4.55. The van der Waals surface area contributed by atoms with E-state index >= 15 is 0 Å². The van der Waals surface area contributed by atoms with Gasteiger partial charge in [0, 0.05) is 0 Å². The summed E-state index contributed by atoms with van der Waals surface area (Å²) < 4.78 is 8.25. The van der Waals surface area contributed by atoms with Crippen molar-refractivity contribution in [2.24, 2.45) is 0 Å². The molecule has 28 heavy (non-hydrogen) atoms. The van der Waals surface area contributed by atoms with E-state index in [9.17, 15) is 0 Å². The fourth-order valence-corrected chi connectivity index (χ4v) is 3.69. The standard InChI is InChI=1S/C21H20BrN5O/c1-15-8-6-7-11-18(15)27-21(23-24-25-27)20(16-9-4-3-5-10-16)26(2)14-17-12-13-19(22)28-17/h3-13,20H,14H2,1-2H3. The molecule has 0 saturated carbocycles. The number of para-hydroxylation sites is 1. The smallest absolute Gasteiger partial charge is 0.178 e. The Labute approximate surface area is 171 Å². The lowest BCUT2D eigenvalue weighted by Crippen LogP contribution is -2.28. The van der Waals surface area contributed by atoms with E-state index < -0.39 is 0 Å². The van der Waals surface area contributed by atoms with Crippen molar-refractivity contribution >= 4 is 15.9 Å². The highest BCUT2D eigenvalue weighted by Gasteiger charge is 2.27. The zero-order chi connectivity index (χ0) is 19.5. The molecule has 7 heteroatoms. The maximum Gasteiger partial charge on any atom is 0.178 e. The highest BCUT2D eigenvalue weighted by molar-refractivity contribution is 9.10. The van der Waals surface area contributed by atoms with Gasteiger partial charge in [0.05, 0.1) is 18.3 Å². The lowest BCUT2D eigenvalue weighted by molar-refractivity contribution is 0.236. The van der Waals surface area contributed by atoms with Crippen LogP contribution in [-0.4, -0.2) is 32.2 Å². The minimum atomic E-state index is -0.139. The molecule has 0 radical (unpaired) electrons. The second-order valence-electron chi connectivity index (χ2n) is 6.67. The van der Waals surface area contributed by atoms with Crippen molar-refractivity contribution in [3.63, 3.8) is 0 Å². The zero-order valence-corrected chi connectivity index (χ0v) is 17.2. The van der Waals surface area contributed by atoms with Crippen LogP contribution in [0.4, 0.5) is 0 Å². The molecule has 0 spiro atoms. The minimum Gasteiger partial charge on any atom is -0.453 e. The Bertz CT molecular complexity index is 1060. The molecule has 1 unspecified atom stereocenters. The number of aryl methyl sites for hydroxylation is 1. The maximum absolute atomic E-state index is 5.71. The molecule has 0 bridgehead atoms. The number of hydrogen-bond acceptors (Lipinski definition) is 5. The topological polar surface area (TPSA) is 60.0 Å². The van der Waals surface area contributed by atoms with Crippen LogP contribution >= 0.6 is 15.9 Å². The molecule has 0 amide bonds. The summed E-state index contributed by atoms with van der Waals surface area (Å²) in [6, 6.07) is 22.1. The quantitative estimate of drug-likeness (QED) is 0.442. The second-order valence-corrected chi connectivity index (χ2v) is 7.45. The summed E-state index contributed by atoms with van der Waals surface area (Å²) in [7, 11) is 2.05. The molecule has 2 aromatic heterocycles. The van der Waals surface area contributed by atoms with Crippen molar-refractivity contribution < 1.29 is 4.42 Å². The number of rotatable bonds is 6. The van der Waals surface area contributed by atoms with E-state index in [0.29, 0.717) is 6.54 Å². The molecule has 0 N–H and O–H groups in total. The summed E-state index contributed by atoms with van der Waals surface area (Å²) in [5.74, 6) is 1.62. The van der Waals surface area contributed by atoms with Crippen LogP contribution in [0.3, 0.4) is 0 Å². The summed E-state index contributed by atoms with van der Waals surface area (Å²) in [4.78, 5) is 2.18. The van der Waals surface area contributed by atoms with Crippen LogP contribution in [0, 0.1) is 6.92 Å². The molecular weight excluding hydrogens is 418 g/mol. The van der Waals surface area contributed by atoms with Crippen LogP contribution in [0.5, 0.6) is 0 Å². The van der Waals surface area contributed by atoms with Crippen molar-refractivity contribution in [3.8, 4) is 5.69 Å². The summed E-state index contributed by atoms with van der Waals surface area (Å²) >= 11 is 3.37. The Morgan fingerprint density at radius 1 is 1.04 bits per heavy atom. The van der Waals surface area contributed by atoms with Crippen LogP contribution in [0.2, 0.25) is 0 Å². The molecule has 2 heterocycles. The molecule has 2 aromatic carbocycles. The maximum atomic E-state index is 5.71. The first-order valence-corrected chi connectivity index (χ1v) is 9.76. The van der Waals surface area contributed by atoms with Gasteiger partial charge in [-0.05, 0) is 69.7 Å². The molecule has 6 nitrogen and oxygen atoms in total. The third-order valence-electron chi connectivity index (χ3n) is 4.67. The summed E-state index contributed by atoms with van der Waals surface area (Å²) in [6.45, 7) is 2.67. The van der Waals surface area contributed by atoms with Crippen molar-refractivity contribution in [3.05, 3.63) is 94.1 Å². The SMILES string of the molecule is Cc1ccccc1-n1nnnc1C(c1ccccc1)N(C)Cc1ccc(Br)o1. The Kier molecular flexibility index (Phi) is 5.36. The van der Waals surface area contributed by atoms with Gasteiger partial charge in [-0.25, -0.2) is 0 Å². The average molecular weight is 438 g/mol. The van der Waals surface area contributed by atoms with Gasteiger partial charge in [-0.2, -0.15) is 4.68 Å². The second kappa shape index (κ2) is 8.08. The van der Waals surface area contributed by atoms with Gasteiger partial charge >= 0.3 is 0 Å². The largest absolute Gasteiger partial charge is 0.453 e. The zero-order valence-electron chi connectivity index (χ0n) is 15.7. The van der Waals surface area contributed by atoms with Crippen LogP contribution < -0.4 is 0 Å². The molecule has 4 aromatic rings. The predicted molar refractivity (Wildman–Crippen MR) is 110 cm³/mol.